The summed E-state index contributed by atoms with van der Waals surface area (Å²) in [5, 5.41) is 11.5. The van der Waals surface area contributed by atoms with E-state index >= 15 is 4.39 Å². The van der Waals surface area contributed by atoms with Crippen LogP contribution in [0.15, 0.2) is 78.9 Å². The normalized spacial score (nSPS) is 11.1. The number of carbonyl (C=O) groups excluding carboxylic acids is 1. The molecular weight excluding hydrogens is 379 g/mol. The number of hydrogen-bond acceptors (Lipinski definition) is 3. The highest BCUT2D eigenvalue weighted by Gasteiger charge is 2.16. The zero-order chi connectivity index (χ0) is 20.7. The van der Waals surface area contributed by atoms with E-state index in [-0.39, 0.29) is 11.7 Å². The van der Waals surface area contributed by atoms with Gasteiger partial charge in [0.25, 0.3) is 5.91 Å². The van der Waals surface area contributed by atoms with Gasteiger partial charge in [-0.1, -0.05) is 48.5 Å². The number of nitrogen functional groups attached to an aromatic ring is 1. The SMILES string of the molecule is Nc1n[nH]c2cccc(-c3ccc4cc(C(=O)Nc5ccccc5)ccc4c3F)c12. The van der Waals surface area contributed by atoms with Crippen LogP contribution in [0.25, 0.3) is 32.8 Å². The number of halogens is 1. The largest absolute Gasteiger partial charge is 0.382 e. The lowest BCUT2D eigenvalue weighted by atomic mass is 9.96. The number of anilines is 2. The molecule has 0 saturated carbocycles. The molecule has 4 N–H and O–H groups in total. The lowest BCUT2D eigenvalue weighted by molar-refractivity contribution is 0.102. The highest BCUT2D eigenvalue weighted by atomic mass is 19.1. The van der Waals surface area contributed by atoms with Crippen LogP contribution in [-0.4, -0.2) is 16.1 Å². The monoisotopic (exact) mass is 396 g/mol. The number of aromatic nitrogens is 2. The van der Waals surface area contributed by atoms with Gasteiger partial charge >= 0.3 is 0 Å². The minimum absolute atomic E-state index is 0.247. The van der Waals surface area contributed by atoms with Gasteiger partial charge in [-0.2, -0.15) is 5.10 Å². The molecule has 0 aliphatic heterocycles. The summed E-state index contributed by atoms with van der Waals surface area (Å²) in [5.74, 6) is -0.285. The molecular formula is C24H17FN4O. The molecule has 4 aromatic carbocycles. The average molecular weight is 396 g/mol. The Morgan fingerprint density at radius 2 is 1.77 bits per heavy atom. The maximum atomic E-state index is 15.4. The molecule has 1 amide bonds. The van der Waals surface area contributed by atoms with Crippen LogP contribution in [0.5, 0.6) is 0 Å². The number of fused-ring (bicyclic) bond motifs is 2. The fraction of sp³-hybridized carbons (Fsp3) is 0. The number of amides is 1. The van der Waals surface area contributed by atoms with Gasteiger partial charge in [0.05, 0.1) is 10.9 Å². The Bertz CT molecular complexity index is 1410. The van der Waals surface area contributed by atoms with Crippen LogP contribution >= 0.6 is 0 Å². The van der Waals surface area contributed by atoms with Gasteiger partial charge in [-0.05, 0) is 41.3 Å². The van der Waals surface area contributed by atoms with Gasteiger partial charge in [-0.3, -0.25) is 9.89 Å². The fourth-order valence-corrected chi connectivity index (χ4v) is 3.69. The minimum Gasteiger partial charge on any atom is -0.382 e. The van der Waals surface area contributed by atoms with E-state index in [1.54, 1.807) is 24.3 Å². The first kappa shape index (κ1) is 17.9. The molecule has 0 aliphatic carbocycles. The number of nitrogens with two attached hydrogens (primary N) is 1. The Kier molecular flexibility index (Phi) is 4.17. The van der Waals surface area contributed by atoms with E-state index in [0.29, 0.717) is 44.4 Å². The Balaban J connectivity index is 1.56. The number of para-hydroxylation sites is 1. The first-order chi connectivity index (χ1) is 14.6. The lowest BCUT2D eigenvalue weighted by Gasteiger charge is -2.10. The Morgan fingerprint density at radius 1 is 0.933 bits per heavy atom. The third-order valence-electron chi connectivity index (χ3n) is 5.16. The van der Waals surface area contributed by atoms with E-state index in [4.69, 9.17) is 5.73 Å². The molecule has 5 nitrogen and oxygen atoms in total. The maximum absolute atomic E-state index is 15.4. The Morgan fingerprint density at radius 3 is 2.60 bits per heavy atom. The number of aromatic amines is 1. The summed E-state index contributed by atoms with van der Waals surface area (Å²) in [4.78, 5) is 12.6. The predicted octanol–water partition coefficient (Wildman–Crippen LogP) is 5.36. The highest BCUT2D eigenvalue weighted by Crippen LogP contribution is 2.35. The summed E-state index contributed by atoms with van der Waals surface area (Å²) < 4.78 is 15.4. The van der Waals surface area contributed by atoms with Gasteiger partial charge in [0.2, 0.25) is 0 Å². The van der Waals surface area contributed by atoms with Crippen LogP contribution in [0.2, 0.25) is 0 Å². The minimum atomic E-state index is -0.365. The van der Waals surface area contributed by atoms with Gasteiger partial charge in [0.15, 0.2) is 5.82 Å². The molecule has 5 aromatic rings. The summed E-state index contributed by atoms with van der Waals surface area (Å²) in [6.45, 7) is 0. The van der Waals surface area contributed by atoms with Crippen molar-refractivity contribution in [3.05, 3.63) is 90.2 Å². The van der Waals surface area contributed by atoms with Crippen molar-refractivity contribution in [1.82, 2.24) is 10.2 Å². The van der Waals surface area contributed by atoms with Crippen LogP contribution in [0.3, 0.4) is 0 Å². The van der Waals surface area contributed by atoms with Gasteiger partial charge < -0.3 is 11.1 Å². The number of hydrogen-bond donors (Lipinski definition) is 3. The van der Waals surface area contributed by atoms with E-state index in [0.717, 1.165) is 5.52 Å². The third kappa shape index (κ3) is 2.95. The topological polar surface area (TPSA) is 83.8 Å². The van der Waals surface area contributed by atoms with Crippen LogP contribution in [0, 0.1) is 5.82 Å². The van der Waals surface area contributed by atoms with Crippen molar-refractivity contribution in [2.75, 3.05) is 11.1 Å². The van der Waals surface area contributed by atoms with Gasteiger partial charge in [0.1, 0.15) is 5.82 Å². The van der Waals surface area contributed by atoms with Crippen molar-refractivity contribution in [3.63, 3.8) is 0 Å². The van der Waals surface area contributed by atoms with E-state index in [1.165, 1.54) is 0 Å². The number of nitrogens with zero attached hydrogens (tertiary/aromatic N) is 1. The molecule has 0 unspecified atom stereocenters. The highest BCUT2D eigenvalue weighted by molar-refractivity contribution is 6.07. The number of H-pyrrole nitrogens is 1. The summed E-state index contributed by atoms with van der Waals surface area (Å²) >= 11 is 0. The van der Waals surface area contributed by atoms with Crippen molar-refractivity contribution >= 4 is 39.1 Å². The molecule has 6 heteroatoms. The zero-order valence-corrected chi connectivity index (χ0v) is 15.8. The number of benzene rings is 4. The summed E-state index contributed by atoms with van der Waals surface area (Å²) in [7, 11) is 0. The summed E-state index contributed by atoms with van der Waals surface area (Å²) in [6.07, 6.45) is 0. The van der Waals surface area contributed by atoms with Crippen molar-refractivity contribution in [2.45, 2.75) is 0 Å². The maximum Gasteiger partial charge on any atom is 0.255 e. The molecule has 5 rings (SSSR count). The van der Waals surface area contributed by atoms with Gasteiger partial charge in [0, 0.05) is 22.2 Å². The van der Waals surface area contributed by atoms with E-state index in [2.05, 4.69) is 15.5 Å². The summed E-state index contributed by atoms with van der Waals surface area (Å²) in [5.41, 5.74) is 9.00. The Hall–Kier alpha value is -4.19. The molecule has 30 heavy (non-hydrogen) atoms. The molecule has 1 aromatic heterocycles. The van der Waals surface area contributed by atoms with Crippen molar-refractivity contribution in [2.24, 2.45) is 0 Å². The molecule has 0 atom stereocenters. The first-order valence-electron chi connectivity index (χ1n) is 9.43. The summed E-state index contributed by atoms with van der Waals surface area (Å²) in [6, 6.07) is 23.2. The van der Waals surface area contributed by atoms with E-state index in [1.807, 2.05) is 54.6 Å². The number of nitrogens with one attached hydrogen (secondary N) is 2. The van der Waals surface area contributed by atoms with Crippen LogP contribution < -0.4 is 11.1 Å². The van der Waals surface area contributed by atoms with Crippen molar-refractivity contribution in [1.29, 1.82) is 0 Å². The van der Waals surface area contributed by atoms with Crippen LogP contribution in [-0.2, 0) is 0 Å². The Labute approximate surface area is 171 Å². The van der Waals surface area contributed by atoms with Crippen LogP contribution in [0.1, 0.15) is 10.4 Å². The van der Waals surface area contributed by atoms with E-state index < -0.39 is 0 Å². The first-order valence-corrected chi connectivity index (χ1v) is 9.43. The molecule has 0 saturated heterocycles. The molecule has 0 bridgehead atoms. The predicted molar refractivity (Wildman–Crippen MR) is 118 cm³/mol. The van der Waals surface area contributed by atoms with Crippen LogP contribution in [0.4, 0.5) is 15.9 Å². The second kappa shape index (κ2) is 7.00. The quantitative estimate of drug-likeness (QED) is 0.384. The van der Waals surface area contributed by atoms with E-state index in [9.17, 15) is 4.79 Å². The third-order valence-corrected chi connectivity index (χ3v) is 5.16. The molecule has 146 valence electrons. The van der Waals surface area contributed by atoms with Gasteiger partial charge in [-0.25, -0.2) is 4.39 Å². The standard InChI is InChI=1S/C24H17FN4O/c25-22-17-11-10-15(24(30)27-16-5-2-1-3-6-16)13-14(17)9-12-19(22)18-7-4-8-20-21(18)23(26)29-28-20/h1-13H,(H,27,30)(H3,26,28,29). The van der Waals surface area contributed by atoms with Crippen molar-refractivity contribution in [3.8, 4) is 11.1 Å². The fourth-order valence-electron chi connectivity index (χ4n) is 3.69. The van der Waals surface area contributed by atoms with Gasteiger partial charge in [-0.15, -0.1) is 0 Å². The average Bonchev–Trinajstić information content (AvgIpc) is 3.16. The second-order valence-corrected chi connectivity index (χ2v) is 7.02. The number of rotatable bonds is 3. The second-order valence-electron chi connectivity index (χ2n) is 7.02. The van der Waals surface area contributed by atoms with Crippen molar-refractivity contribution < 1.29 is 9.18 Å². The number of carbonyl (C=O) groups is 1. The molecule has 0 aliphatic rings. The lowest BCUT2D eigenvalue weighted by Crippen LogP contribution is -2.11. The smallest absolute Gasteiger partial charge is 0.255 e. The molecule has 0 fully saturated rings. The zero-order valence-electron chi connectivity index (χ0n) is 15.8. The molecule has 1 heterocycles. The molecule has 0 spiro atoms. The molecule has 0 radical (unpaired) electrons.